The number of hydrogen-bond donors (Lipinski definition) is 1. The molecule has 0 aromatic carbocycles. The van der Waals surface area contributed by atoms with Crippen molar-refractivity contribution >= 4 is 5.91 Å². The van der Waals surface area contributed by atoms with Gasteiger partial charge in [0.25, 0.3) is 0 Å². The van der Waals surface area contributed by atoms with Crippen molar-refractivity contribution in [2.45, 2.75) is 84.8 Å². The van der Waals surface area contributed by atoms with E-state index in [0.717, 1.165) is 19.4 Å². The van der Waals surface area contributed by atoms with E-state index in [1.807, 2.05) is 0 Å². The van der Waals surface area contributed by atoms with E-state index in [0.29, 0.717) is 17.2 Å². The number of rotatable bonds is 5. The Labute approximate surface area is 124 Å². The van der Waals surface area contributed by atoms with Crippen LogP contribution in [0.15, 0.2) is 0 Å². The maximum Gasteiger partial charge on any atom is 0.243 e. The van der Waals surface area contributed by atoms with Crippen LogP contribution in [0.1, 0.15) is 73.1 Å². The fourth-order valence-electron chi connectivity index (χ4n) is 3.83. The third-order valence-electron chi connectivity index (χ3n) is 5.36. The average Bonchev–Trinajstić information content (AvgIpc) is 2.88. The monoisotopic (exact) mass is 280 g/mol. The molecule has 1 saturated heterocycles. The lowest BCUT2D eigenvalue weighted by Crippen LogP contribution is -2.44. The zero-order valence-electron chi connectivity index (χ0n) is 14.0. The van der Waals surface area contributed by atoms with E-state index in [1.54, 1.807) is 0 Å². The van der Waals surface area contributed by atoms with E-state index < -0.39 is 0 Å². The molecule has 3 heteroatoms. The minimum atomic E-state index is -0.353. The fraction of sp³-hybridized carbons (Fsp3) is 0.941. The number of carbonyl (C=O) groups is 1. The Morgan fingerprint density at radius 1 is 1.30 bits per heavy atom. The Morgan fingerprint density at radius 3 is 2.40 bits per heavy atom. The van der Waals surface area contributed by atoms with Crippen molar-refractivity contribution < 1.29 is 4.79 Å². The van der Waals surface area contributed by atoms with E-state index in [9.17, 15) is 4.79 Å². The number of nitrogens with one attached hydrogen (secondary N) is 1. The summed E-state index contributed by atoms with van der Waals surface area (Å²) in [6, 6.07) is 0. The van der Waals surface area contributed by atoms with E-state index in [2.05, 4.69) is 44.8 Å². The Kier molecular flexibility index (Phi) is 4.48. The predicted molar refractivity (Wildman–Crippen MR) is 83.4 cm³/mol. The van der Waals surface area contributed by atoms with Crippen molar-refractivity contribution in [1.82, 2.24) is 10.2 Å². The molecule has 2 atom stereocenters. The molecular weight excluding hydrogens is 248 g/mol. The molecule has 2 aliphatic rings. The first kappa shape index (κ1) is 15.8. The summed E-state index contributed by atoms with van der Waals surface area (Å²) in [5.41, 5.74) is -0.0138. The lowest BCUT2D eigenvalue weighted by molar-refractivity contribution is -0.134. The van der Waals surface area contributed by atoms with Crippen molar-refractivity contribution in [1.29, 1.82) is 0 Å². The van der Waals surface area contributed by atoms with Crippen molar-refractivity contribution in [2.24, 2.45) is 11.3 Å². The van der Waals surface area contributed by atoms with Gasteiger partial charge in [-0.05, 0) is 43.9 Å². The first-order valence-electron chi connectivity index (χ1n) is 8.38. The molecule has 2 unspecified atom stereocenters. The molecule has 1 N–H and O–H groups in total. The summed E-state index contributed by atoms with van der Waals surface area (Å²) in [7, 11) is 0. The maximum absolute atomic E-state index is 12.8. The molecule has 0 aromatic rings. The van der Waals surface area contributed by atoms with Crippen LogP contribution in [0.3, 0.4) is 0 Å². The molecule has 2 rings (SSSR count). The molecule has 3 nitrogen and oxygen atoms in total. The lowest BCUT2D eigenvalue weighted by Gasteiger charge is -2.34. The predicted octanol–water partition coefficient (Wildman–Crippen LogP) is 3.54. The van der Waals surface area contributed by atoms with Crippen LogP contribution in [0.2, 0.25) is 0 Å². The largest absolute Gasteiger partial charge is 0.325 e. The van der Waals surface area contributed by atoms with Gasteiger partial charge in [0.05, 0.1) is 11.7 Å². The average molecular weight is 280 g/mol. The fourth-order valence-corrected chi connectivity index (χ4v) is 3.83. The van der Waals surface area contributed by atoms with E-state index >= 15 is 0 Å². The van der Waals surface area contributed by atoms with Crippen molar-refractivity contribution in [3.63, 3.8) is 0 Å². The highest BCUT2D eigenvalue weighted by molar-refractivity contribution is 5.88. The van der Waals surface area contributed by atoms with Crippen LogP contribution in [0, 0.1) is 11.3 Å². The van der Waals surface area contributed by atoms with Crippen LogP contribution in [-0.4, -0.2) is 29.1 Å². The summed E-state index contributed by atoms with van der Waals surface area (Å²) in [6.45, 7) is 12.0. The van der Waals surface area contributed by atoms with Crippen LogP contribution in [0.5, 0.6) is 0 Å². The highest BCUT2D eigenvalue weighted by Crippen LogP contribution is 2.40. The summed E-state index contributed by atoms with van der Waals surface area (Å²) in [5.74, 6) is 0.928. The molecular formula is C17H32N2O. The Morgan fingerprint density at radius 2 is 1.90 bits per heavy atom. The van der Waals surface area contributed by atoms with Crippen molar-refractivity contribution in [3.8, 4) is 0 Å². The summed E-state index contributed by atoms with van der Waals surface area (Å²) in [4.78, 5) is 15.0. The highest BCUT2D eigenvalue weighted by Gasteiger charge is 2.48. The zero-order chi connectivity index (χ0) is 15.0. The number of carbonyl (C=O) groups excluding carboxylic acids is 1. The van der Waals surface area contributed by atoms with Crippen molar-refractivity contribution in [2.75, 3.05) is 6.54 Å². The summed E-state index contributed by atoms with van der Waals surface area (Å²) in [5, 5.41) is 3.62. The first-order chi connectivity index (χ1) is 9.30. The Hall–Kier alpha value is -0.570. The molecule has 1 aliphatic heterocycles. The van der Waals surface area contributed by atoms with Gasteiger partial charge in [-0.25, -0.2) is 0 Å². The van der Waals surface area contributed by atoms with Gasteiger partial charge in [-0.3, -0.25) is 10.1 Å². The highest BCUT2D eigenvalue weighted by atomic mass is 16.2. The van der Waals surface area contributed by atoms with E-state index in [-0.39, 0.29) is 11.7 Å². The minimum absolute atomic E-state index is 0.227. The lowest BCUT2D eigenvalue weighted by atomic mass is 9.87. The topological polar surface area (TPSA) is 32.3 Å². The van der Waals surface area contributed by atoms with Gasteiger partial charge in [0.2, 0.25) is 5.91 Å². The standard InChI is InChI=1S/C17H32N2O/c1-6-17(5)15(20)19(14(18-17)11-13(2)3)12-16(4)9-7-8-10-16/h13-14,18H,6-12H2,1-5H3. The number of amides is 1. The molecule has 1 aliphatic carbocycles. The van der Waals surface area contributed by atoms with Crippen LogP contribution < -0.4 is 5.32 Å². The second-order valence-electron chi connectivity index (χ2n) is 7.93. The second-order valence-corrected chi connectivity index (χ2v) is 7.93. The molecule has 1 amide bonds. The first-order valence-corrected chi connectivity index (χ1v) is 8.38. The van der Waals surface area contributed by atoms with Crippen LogP contribution in [0.25, 0.3) is 0 Å². The number of hydrogen-bond acceptors (Lipinski definition) is 2. The van der Waals surface area contributed by atoms with Gasteiger partial charge in [-0.2, -0.15) is 0 Å². The molecule has 0 spiro atoms. The van der Waals surface area contributed by atoms with Gasteiger partial charge in [0.15, 0.2) is 0 Å². The van der Waals surface area contributed by atoms with Crippen LogP contribution in [0.4, 0.5) is 0 Å². The van der Waals surface area contributed by atoms with Gasteiger partial charge in [0.1, 0.15) is 0 Å². The van der Waals surface area contributed by atoms with Crippen LogP contribution in [-0.2, 0) is 4.79 Å². The van der Waals surface area contributed by atoms with E-state index in [4.69, 9.17) is 0 Å². The summed E-state index contributed by atoms with van der Waals surface area (Å²) >= 11 is 0. The molecule has 20 heavy (non-hydrogen) atoms. The van der Waals surface area contributed by atoms with Gasteiger partial charge < -0.3 is 4.90 Å². The summed E-state index contributed by atoms with van der Waals surface area (Å²) in [6.07, 6.45) is 7.34. The Bertz CT molecular complexity index is 360. The van der Waals surface area contributed by atoms with Gasteiger partial charge in [-0.15, -0.1) is 0 Å². The van der Waals surface area contributed by atoms with Crippen molar-refractivity contribution in [3.05, 3.63) is 0 Å². The normalized spacial score (nSPS) is 33.4. The quantitative estimate of drug-likeness (QED) is 0.835. The van der Waals surface area contributed by atoms with Gasteiger partial charge >= 0.3 is 0 Å². The molecule has 0 radical (unpaired) electrons. The Balaban J connectivity index is 2.15. The molecule has 0 bridgehead atoms. The van der Waals surface area contributed by atoms with Gasteiger partial charge in [0, 0.05) is 6.54 Å². The SMILES string of the molecule is CCC1(C)NC(CC(C)C)N(CC2(C)CCCC2)C1=O. The number of nitrogens with zero attached hydrogens (tertiary/aromatic N) is 1. The van der Waals surface area contributed by atoms with Crippen LogP contribution >= 0.6 is 0 Å². The molecule has 0 aromatic heterocycles. The molecule has 1 heterocycles. The smallest absolute Gasteiger partial charge is 0.243 e. The molecule has 1 saturated carbocycles. The third-order valence-corrected chi connectivity index (χ3v) is 5.36. The molecule has 116 valence electrons. The maximum atomic E-state index is 12.8. The van der Waals surface area contributed by atoms with Gasteiger partial charge in [-0.1, -0.05) is 40.5 Å². The second kappa shape index (κ2) is 5.67. The minimum Gasteiger partial charge on any atom is -0.325 e. The summed E-state index contributed by atoms with van der Waals surface area (Å²) < 4.78 is 0. The third kappa shape index (κ3) is 3.03. The molecule has 2 fully saturated rings. The zero-order valence-corrected chi connectivity index (χ0v) is 14.0. The van der Waals surface area contributed by atoms with E-state index in [1.165, 1.54) is 25.7 Å².